The molecule has 1 saturated carbocycles. The van der Waals surface area contributed by atoms with Crippen LogP contribution in [0.4, 0.5) is 22.0 Å². The Morgan fingerprint density at radius 2 is 1.74 bits per heavy atom. The Morgan fingerprint density at radius 3 is 2.29 bits per heavy atom. The highest BCUT2D eigenvalue weighted by Gasteiger charge is 2.43. The molecule has 0 saturated heterocycles. The Kier molecular flexibility index (Phi) is 7.60. The molecule has 4 rings (SSSR count). The number of carbonyl (C=O) groups excluding carboxylic acids is 2. The van der Waals surface area contributed by atoms with Crippen LogP contribution in [-0.2, 0) is 17.5 Å². The minimum absolute atomic E-state index is 0.0846. The summed E-state index contributed by atoms with van der Waals surface area (Å²) in [5.41, 5.74) is -2.36. The van der Waals surface area contributed by atoms with E-state index in [1.54, 1.807) is 0 Å². The SMILES string of the molecule is O=C(CN(Cc1cc(F)cc(F)c1)C(=O)c1cnn(C2CCC(C(=O)O)CC2)c1C(F)(F)F)c1cc[nH]n1. The maximum absolute atomic E-state index is 14.2. The summed E-state index contributed by atoms with van der Waals surface area (Å²) in [7, 11) is 0. The van der Waals surface area contributed by atoms with Gasteiger partial charge >= 0.3 is 12.1 Å². The van der Waals surface area contributed by atoms with Gasteiger partial charge in [0.2, 0.25) is 5.78 Å². The topological polar surface area (TPSA) is 121 Å². The van der Waals surface area contributed by atoms with Crippen molar-refractivity contribution >= 4 is 17.7 Å². The highest BCUT2D eigenvalue weighted by atomic mass is 19.4. The van der Waals surface area contributed by atoms with Gasteiger partial charge in [0.25, 0.3) is 5.91 Å². The number of H-pyrrole nitrogens is 1. The van der Waals surface area contributed by atoms with Gasteiger partial charge in [-0.05, 0) is 49.4 Å². The van der Waals surface area contributed by atoms with Crippen molar-refractivity contribution in [2.45, 2.75) is 44.4 Å². The third kappa shape index (κ3) is 5.89. The third-order valence-electron chi connectivity index (χ3n) is 6.39. The fraction of sp³-hybridized carbons (Fsp3) is 0.375. The second kappa shape index (κ2) is 10.7. The summed E-state index contributed by atoms with van der Waals surface area (Å²) in [5, 5.41) is 19.1. The first-order valence-electron chi connectivity index (χ1n) is 11.6. The van der Waals surface area contributed by atoms with Gasteiger partial charge in [0.1, 0.15) is 17.3 Å². The zero-order valence-corrected chi connectivity index (χ0v) is 19.7. The van der Waals surface area contributed by atoms with E-state index in [0.717, 1.165) is 23.2 Å². The molecule has 3 aromatic rings. The zero-order valence-electron chi connectivity index (χ0n) is 19.7. The van der Waals surface area contributed by atoms with Gasteiger partial charge < -0.3 is 10.0 Å². The van der Waals surface area contributed by atoms with Crippen molar-refractivity contribution in [3.63, 3.8) is 0 Å². The number of aromatic nitrogens is 4. The Bertz CT molecular complexity index is 1310. The zero-order chi connectivity index (χ0) is 27.6. The van der Waals surface area contributed by atoms with E-state index in [1.165, 1.54) is 12.3 Å². The lowest BCUT2D eigenvalue weighted by atomic mass is 9.86. The Morgan fingerprint density at radius 1 is 1.08 bits per heavy atom. The van der Waals surface area contributed by atoms with Gasteiger partial charge in [0.05, 0.1) is 30.3 Å². The molecule has 14 heteroatoms. The molecule has 0 bridgehead atoms. The molecule has 1 aromatic carbocycles. The number of hydrogen-bond donors (Lipinski definition) is 2. The number of halogens is 5. The van der Waals surface area contributed by atoms with E-state index in [0.29, 0.717) is 10.7 Å². The van der Waals surface area contributed by atoms with E-state index in [1.807, 2.05) is 0 Å². The first kappa shape index (κ1) is 26.9. The Labute approximate surface area is 212 Å². The molecule has 1 fully saturated rings. The van der Waals surface area contributed by atoms with Crippen LogP contribution in [0.1, 0.15) is 63.8 Å². The van der Waals surface area contributed by atoms with Gasteiger partial charge in [-0.25, -0.2) is 8.78 Å². The number of amides is 1. The van der Waals surface area contributed by atoms with Crippen LogP contribution < -0.4 is 0 Å². The number of hydrogen-bond acceptors (Lipinski definition) is 5. The molecule has 9 nitrogen and oxygen atoms in total. The van der Waals surface area contributed by atoms with E-state index in [2.05, 4.69) is 15.3 Å². The van der Waals surface area contributed by atoms with Crippen LogP contribution in [0.15, 0.2) is 36.7 Å². The quantitative estimate of drug-likeness (QED) is 0.326. The maximum Gasteiger partial charge on any atom is 0.433 e. The van der Waals surface area contributed by atoms with Crippen molar-refractivity contribution in [3.8, 4) is 0 Å². The van der Waals surface area contributed by atoms with Crippen LogP contribution in [-0.4, -0.2) is 54.2 Å². The monoisotopic (exact) mass is 539 g/mol. The summed E-state index contributed by atoms with van der Waals surface area (Å²) in [4.78, 5) is 38.1. The smallest absolute Gasteiger partial charge is 0.433 e. The largest absolute Gasteiger partial charge is 0.481 e. The summed E-state index contributed by atoms with van der Waals surface area (Å²) in [5.74, 6) is -5.58. The number of ketones is 1. The molecule has 1 aliphatic carbocycles. The third-order valence-corrected chi connectivity index (χ3v) is 6.39. The highest BCUT2D eigenvalue weighted by Crippen LogP contribution is 2.39. The van der Waals surface area contributed by atoms with Crippen LogP contribution in [0.25, 0.3) is 0 Å². The van der Waals surface area contributed by atoms with Crippen molar-refractivity contribution in [3.05, 3.63) is 70.8 Å². The van der Waals surface area contributed by atoms with Crippen LogP contribution in [0.2, 0.25) is 0 Å². The number of benzene rings is 1. The molecule has 38 heavy (non-hydrogen) atoms. The number of alkyl halides is 3. The van der Waals surface area contributed by atoms with Crippen molar-refractivity contribution in [1.29, 1.82) is 0 Å². The lowest BCUT2D eigenvalue weighted by Crippen LogP contribution is -2.37. The molecule has 2 N–H and O–H groups in total. The molecule has 0 spiro atoms. The van der Waals surface area contributed by atoms with Crippen molar-refractivity contribution in [2.75, 3.05) is 6.54 Å². The van der Waals surface area contributed by atoms with Gasteiger partial charge in [0, 0.05) is 18.8 Å². The summed E-state index contributed by atoms with van der Waals surface area (Å²) in [6.45, 7) is -1.30. The average molecular weight is 539 g/mol. The van der Waals surface area contributed by atoms with Gasteiger partial charge in [0.15, 0.2) is 5.69 Å². The minimum Gasteiger partial charge on any atom is -0.481 e. The van der Waals surface area contributed by atoms with Crippen molar-refractivity contribution in [2.24, 2.45) is 5.92 Å². The van der Waals surface area contributed by atoms with Crippen molar-refractivity contribution < 1.29 is 41.4 Å². The summed E-state index contributed by atoms with van der Waals surface area (Å²) in [6.07, 6.45) is -2.42. The molecule has 0 atom stereocenters. The number of aliphatic carboxylic acids is 1. The van der Waals surface area contributed by atoms with Crippen LogP contribution >= 0.6 is 0 Å². The number of carboxylic acids is 1. The van der Waals surface area contributed by atoms with Gasteiger partial charge in [-0.15, -0.1) is 0 Å². The molecule has 2 heterocycles. The second-order valence-corrected chi connectivity index (χ2v) is 9.01. The van der Waals surface area contributed by atoms with E-state index >= 15 is 0 Å². The van der Waals surface area contributed by atoms with E-state index in [4.69, 9.17) is 0 Å². The number of carbonyl (C=O) groups is 3. The molecule has 0 unspecified atom stereocenters. The van der Waals surface area contributed by atoms with E-state index in [9.17, 15) is 41.4 Å². The van der Waals surface area contributed by atoms with Crippen LogP contribution in [0, 0.1) is 17.6 Å². The predicted octanol–water partition coefficient (Wildman–Crippen LogP) is 4.24. The lowest BCUT2D eigenvalue weighted by Gasteiger charge is -2.28. The van der Waals surface area contributed by atoms with Gasteiger partial charge in [-0.3, -0.25) is 24.2 Å². The van der Waals surface area contributed by atoms with Crippen LogP contribution in [0.3, 0.4) is 0 Å². The number of Topliss-reactive ketones (excluding diaryl/α,β-unsaturated/α-hetero) is 1. The summed E-state index contributed by atoms with van der Waals surface area (Å²) >= 11 is 0. The first-order valence-corrected chi connectivity index (χ1v) is 11.6. The average Bonchev–Trinajstić information content (AvgIpc) is 3.53. The molecular weight excluding hydrogens is 517 g/mol. The highest BCUT2D eigenvalue weighted by molar-refractivity contribution is 6.01. The number of carboxylic acid groups (broad SMARTS) is 1. The second-order valence-electron chi connectivity index (χ2n) is 9.01. The van der Waals surface area contributed by atoms with Gasteiger partial charge in [-0.2, -0.15) is 23.4 Å². The molecule has 0 radical (unpaired) electrons. The lowest BCUT2D eigenvalue weighted by molar-refractivity contribution is -0.147. The Balaban J connectivity index is 1.68. The molecule has 1 aliphatic rings. The van der Waals surface area contributed by atoms with Crippen molar-refractivity contribution in [1.82, 2.24) is 24.9 Å². The maximum atomic E-state index is 14.2. The first-order chi connectivity index (χ1) is 17.9. The van der Waals surface area contributed by atoms with E-state index in [-0.39, 0.29) is 36.9 Å². The molecule has 0 aliphatic heterocycles. The minimum atomic E-state index is -5.02. The fourth-order valence-corrected chi connectivity index (χ4v) is 4.61. The van der Waals surface area contributed by atoms with Gasteiger partial charge in [-0.1, -0.05) is 0 Å². The van der Waals surface area contributed by atoms with Crippen LogP contribution in [0.5, 0.6) is 0 Å². The summed E-state index contributed by atoms with van der Waals surface area (Å²) < 4.78 is 70.9. The number of nitrogens with zero attached hydrogens (tertiary/aromatic N) is 4. The normalized spacial score (nSPS) is 17.8. The molecule has 1 amide bonds. The standard InChI is InChI=1S/C24H22F5N5O4/c25-15-7-13(8-16(26)9-15)11-33(12-20(35)19-5-6-30-32-19)22(36)18-10-31-34(21(18)24(27,28)29)17-3-1-14(2-4-17)23(37)38/h5-10,14,17H,1-4,11-12H2,(H,30,32)(H,37,38). The number of nitrogens with one attached hydrogen (secondary N) is 1. The fourth-order valence-electron chi connectivity index (χ4n) is 4.61. The molecular formula is C24H22F5N5O4. The summed E-state index contributed by atoms with van der Waals surface area (Å²) in [6, 6.07) is 2.91. The molecule has 2 aromatic heterocycles. The number of rotatable bonds is 8. The Hall–Kier alpha value is -4.10. The van der Waals surface area contributed by atoms with E-state index < -0.39 is 71.8 Å². The predicted molar refractivity (Wildman–Crippen MR) is 120 cm³/mol. The molecule has 202 valence electrons. The number of aromatic amines is 1.